The van der Waals surface area contributed by atoms with E-state index >= 15 is 0 Å². The first-order valence-corrected chi connectivity index (χ1v) is 11.6. The van der Waals surface area contributed by atoms with Crippen LogP contribution in [0.3, 0.4) is 0 Å². The number of ether oxygens (including phenoxy) is 2. The number of pyridine rings is 1. The van der Waals surface area contributed by atoms with Crippen molar-refractivity contribution in [2.45, 2.75) is 6.18 Å². The molecule has 0 atom stereocenters. The highest BCUT2D eigenvalue weighted by molar-refractivity contribution is 5.91. The van der Waals surface area contributed by atoms with Gasteiger partial charge < -0.3 is 24.6 Å². The van der Waals surface area contributed by atoms with E-state index in [9.17, 15) is 13.2 Å². The van der Waals surface area contributed by atoms with Crippen LogP contribution in [0.4, 0.5) is 36.3 Å². The Morgan fingerprint density at radius 2 is 1.51 bits per heavy atom. The van der Waals surface area contributed by atoms with Crippen molar-refractivity contribution < 1.29 is 22.6 Å². The molecule has 0 aliphatic carbocycles. The summed E-state index contributed by atoms with van der Waals surface area (Å²) >= 11 is 0. The molecule has 192 valence electrons. The summed E-state index contributed by atoms with van der Waals surface area (Å²) in [5.41, 5.74) is 1.38. The molecule has 0 spiro atoms. The van der Waals surface area contributed by atoms with Gasteiger partial charge in [-0.05, 0) is 12.1 Å². The Labute approximate surface area is 211 Å². The van der Waals surface area contributed by atoms with Crippen molar-refractivity contribution >= 4 is 34.0 Å². The van der Waals surface area contributed by atoms with Gasteiger partial charge in [0, 0.05) is 73.4 Å². The predicted molar refractivity (Wildman–Crippen MR) is 136 cm³/mol. The number of alkyl halides is 3. The first kappa shape index (κ1) is 24.4. The first-order chi connectivity index (χ1) is 17.8. The van der Waals surface area contributed by atoms with Gasteiger partial charge in [0.25, 0.3) is 0 Å². The van der Waals surface area contributed by atoms with E-state index in [0.29, 0.717) is 43.4 Å². The fourth-order valence-electron chi connectivity index (χ4n) is 4.34. The Morgan fingerprint density at radius 1 is 0.838 bits per heavy atom. The van der Waals surface area contributed by atoms with Crippen molar-refractivity contribution in [3.63, 3.8) is 0 Å². The van der Waals surface area contributed by atoms with Crippen LogP contribution in [-0.2, 0) is 6.18 Å². The number of nitrogens with one attached hydrogen (secondary N) is 1. The molecular weight excluding hydrogens is 485 g/mol. The van der Waals surface area contributed by atoms with Crippen molar-refractivity contribution in [2.24, 2.45) is 0 Å². The number of hydrogen-bond donors (Lipinski definition) is 1. The highest BCUT2D eigenvalue weighted by atomic mass is 19.4. The number of benzene rings is 2. The van der Waals surface area contributed by atoms with E-state index in [1.807, 2.05) is 35.2 Å². The third kappa shape index (κ3) is 5.30. The molecule has 2 aromatic carbocycles. The van der Waals surface area contributed by atoms with Gasteiger partial charge in [-0.3, -0.25) is 4.98 Å². The van der Waals surface area contributed by atoms with E-state index in [4.69, 9.17) is 9.47 Å². The number of nitrogens with zero attached hydrogens (tertiary/aromatic N) is 5. The number of anilines is 4. The van der Waals surface area contributed by atoms with Crippen LogP contribution in [0.25, 0.3) is 10.9 Å². The average Bonchev–Trinajstić information content (AvgIpc) is 2.92. The second kappa shape index (κ2) is 10.00. The molecule has 0 amide bonds. The summed E-state index contributed by atoms with van der Waals surface area (Å²) < 4.78 is 51.7. The Bertz CT molecular complexity index is 1380. The van der Waals surface area contributed by atoms with Gasteiger partial charge in [-0.25, -0.2) is 4.98 Å². The Morgan fingerprint density at radius 3 is 2.19 bits per heavy atom. The van der Waals surface area contributed by atoms with Crippen LogP contribution in [0.5, 0.6) is 11.5 Å². The van der Waals surface area contributed by atoms with Gasteiger partial charge in [0.2, 0.25) is 5.95 Å². The third-order valence-electron chi connectivity index (χ3n) is 6.18. The van der Waals surface area contributed by atoms with Gasteiger partial charge in [-0.1, -0.05) is 18.2 Å². The van der Waals surface area contributed by atoms with Crippen molar-refractivity contribution in [3.05, 3.63) is 66.5 Å². The number of fused-ring (bicyclic) bond motifs is 1. The summed E-state index contributed by atoms with van der Waals surface area (Å²) in [6.45, 7) is 2.24. The molecular formula is C26H25F3N6O2. The molecule has 4 aromatic rings. The highest BCUT2D eigenvalue weighted by Crippen LogP contribution is 2.33. The molecule has 2 aromatic heterocycles. The zero-order chi connectivity index (χ0) is 26.0. The molecule has 3 heterocycles. The molecule has 1 aliphatic rings. The van der Waals surface area contributed by atoms with Crippen LogP contribution in [0.1, 0.15) is 5.69 Å². The topological polar surface area (TPSA) is 75.6 Å². The van der Waals surface area contributed by atoms with E-state index in [1.54, 1.807) is 24.4 Å². The minimum atomic E-state index is -4.63. The molecule has 0 unspecified atom stereocenters. The van der Waals surface area contributed by atoms with Crippen molar-refractivity contribution in [2.75, 3.05) is 55.5 Å². The maximum atomic E-state index is 13.7. The van der Waals surface area contributed by atoms with Crippen LogP contribution >= 0.6 is 0 Å². The molecule has 0 saturated carbocycles. The number of piperazine rings is 1. The number of rotatable bonds is 6. The number of para-hydroxylation sites is 1. The predicted octanol–water partition coefficient (Wildman–Crippen LogP) is 5.13. The standard InChI is InChI=1S/C26H25F3N6O2/c1-36-18-13-17(14-19(15-18)37-2)31-25-32-23(26(27,28)29)16-24(33-25)35-11-9-34(10-12-35)22-7-8-30-21-6-4-3-5-20(21)22/h3-8,13-16H,9-12H2,1-2H3,(H,31,32,33). The highest BCUT2D eigenvalue weighted by Gasteiger charge is 2.34. The number of halogens is 3. The molecule has 5 rings (SSSR count). The Balaban J connectivity index is 1.40. The Hall–Kier alpha value is -4.28. The van der Waals surface area contributed by atoms with Gasteiger partial charge >= 0.3 is 6.18 Å². The fourth-order valence-corrected chi connectivity index (χ4v) is 4.34. The van der Waals surface area contributed by atoms with Gasteiger partial charge in [-0.15, -0.1) is 0 Å². The summed E-state index contributed by atoms with van der Waals surface area (Å²) in [6, 6.07) is 15.8. The van der Waals surface area contributed by atoms with Gasteiger partial charge in [0.1, 0.15) is 17.3 Å². The lowest BCUT2D eigenvalue weighted by molar-refractivity contribution is -0.141. The molecule has 1 N–H and O–H groups in total. The SMILES string of the molecule is COc1cc(Nc2nc(N3CCN(c4ccnc5ccccc45)CC3)cc(C(F)(F)F)n2)cc(OC)c1. The van der Waals surface area contributed by atoms with Crippen molar-refractivity contribution in [1.82, 2.24) is 15.0 Å². The summed E-state index contributed by atoms with van der Waals surface area (Å²) in [6.07, 6.45) is -2.85. The van der Waals surface area contributed by atoms with Gasteiger partial charge in [-0.2, -0.15) is 18.2 Å². The van der Waals surface area contributed by atoms with Crippen LogP contribution in [0, 0.1) is 0 Å². The summed E-state index contributed by atoms with van der Waals surface area (Å²) in [5, 5.41) is 3.92. The lowest BCUT2D eigenvalue weighted by atomic mass is 10.1. The van der Waals surface area contributed by atoms with Crippen LogP contribution < -0.4 is 24.6 Å². The van der Waals surface area contributed by atoms with Crippen LogP contribution in [0.15, 0.2) is 60.8 Å². The molecule has 0 bridgehead atoms. The molecule has 1 saturated heterocycles. The quantitative estimate of drug-likeness (QED) is 0.383. The van der Waals surface area contributed by atoms with Crippen LogP contribution in [0.2, 0.25) is 0 Å². The summed E-state index contributed by atoms with van der Waals surface area (Å²) in [7, 11) is 2.98. The van der Waals surface area contributed by atoms with E-state index < -0.39 is 11.9 Å². The minimum absolute atomic E-state index is 0.164. The average molecular weight is 511 g/mol. The van der Waals surface area contributed by atoms with Gasteiger partial charge in [0.05, 0.1) is 19.7 Å². The molecule has 0 radical (unpaired) electrons. The molecule has 11 heteroatoms. The maximum absolute atomic E-state index is 13.7. The van der Waals surface area contributed by atoms with Crippen LogP contribution in [-0.4, -0.2) is 55.4 Å². The normalized spacial score (nSPS) is 14.1. The molecule has 8 nitrogen and oxygen atoms in total. The number of methoxy groups -OCH3 is 2. The molecule has 37 heavy (non-hydrogen) atoms. The maximum Gasteiger partial charge on any atom is 0.433 e. The smallest absolute Gasteiger partial charge is 0.433 e. The van der Waals surface area contributed by atoms with Gasteiger partial charge in [0.15, 0.2) is 5.69 Å². The zero-order valence-corrected chi connectivity index (χ0v) is 20.3. The van der Waals surface area contributed by atoms with E-state index in [2.05, 4.69) is 25.2 Å². The van der Waals surface area contributed by atoms with E-state index in [1.165, 1.54) is 14.2 Å². The third-order valence-corrected chi connectivity index (χ3v) is 6.18. The fraction of sp³-hybridized carbons (Fsp3) is 0.269. The monoisotopic (exact) mass is 510 g/mol. The number of hydrogen-bond acceptors (Lipinski definition) is 8. The Kier molecular flexibility index (Phi) is 6.60. The second-order valence-electron chi connectivity index (χ2n) is 8.48. The lowest BCUT2D eigenvalue weighted by Gasteiger charge is -2.37. The lowest BCUT2D eigenvalue weighted by Crippen LogP contribution is -2.47. The van der Waals surface area contributed by atoms with Crippen molar-refractivity contribution in [3.8, 4) is 11.5 Å². The van der Waals surface area contributed by atoms with E-state index in [-0.39, 0.29) is 11.8 Å². The van der Waals surface area contributed by atoms with E-state index in [0.717, 1.165) is 22.7 Å². The summed E-state index contributed by atoms with van der Waals surface area (Å²) in [5.74, 6) is 1.00. The second-order valence-corrected chi connectivity index (χ2v) is 8.48. The van der Waals surface area contributed by atoms with Crippen molar-refractivity contribution in [1.29, 1.82) is 0 Å². The number of aromatic nitrogens is 3. The molecule has 1 fully saturated rings. The minimum Gasteiger partial charge on any atom is -0.497 e. The summed E-state index contributed by atoms with van der Waals surface area (Å²) in [4.78, 5) is 16.6. The first-order valence-electron chi connectivity index (χ1n) is 11.6. The molecule has 1 aliphatic heterocycles. The zero-order valence-electron chi connectivity index (χ0n) is 20.3. The largest absolute Gasteiger partial charge is 0.497 e.